The van der Waals surface area contributed by atoms with E-state index < -0.39 is 27.8 Å². The monoisotopic (exact) mass is 528 g/mol. The summed E-state index contributed by atoms with van der Waals surface area (Å²) in [7, 11) is -4.10. The van der Waals surface area contributed by atoms with Gasteiger partial charge in [-0.15, -0.1) is 0 Å². The molecule has 1 aromatic heterocycles. The number of hydrogen-bond donors (Lipinski definition) is 1. The van der Waals surface area contributed by atoms with E-state index in [1.54, 1.807) is 0 Å². The molecule has 2 aliphatic rings. The predicted octanol–water partition coefficient (Wildman–Crippen LogP) is 2.22. The number of nitrogens with two attached hydrogens (primary N) is 1. The Bertz CT molecular complexity index is 1280. The van der Waals surface area contributed by atoms with Crippen molar-refractivity contribution in [1.82, 2.24) is 9.29 Å². The van der Waals surface area contributed by atoms with Gasteiger partial charge in [0.1, 0.15) is 17.0 Å². The third-order valence-corrected chi connectivity index (χ3v) is 7.94. The molecule has 0 saturated carbocycles. The molecule has 35 heavy (non-hydrogen) atoms. The molecule has 1 aromatic carbocycles. The number of nitrogens with zero attached hydrogens (tertiary/aromatic N) is 5. The van der Waals surface area contributed by atoms with Crippen molar-refractivity contribution in [3.8, 4) is 6.07 Å². The van der Waals surface area contributed by atoms with Crippen LogP contribution in [0.15, 0.2) is 41.3 Å². The van der Waals surface area contributed by atoms with E-state index in [-0.39, 0.29) is 53.9 Å². The summed E-state index contributed by atoms with van der Waals surface area (Å²) in [5.74, 6) is -0.253. The van der Waals surface area contributed by atoms with Gasteiger partial charge in [-0.05, 0) is 36.4 Å². The highest BCUT2D eigenvalue weighted by atomic mass is 35.5. The summed E-state index contributed by atoms with van der Waals surface area (Å²) >= 11 is 5.76. The van der Waals surface area contributed by atoms with Gasteiger partial charge in [-0.25, -0.2) is 13.4 Å². The average Bonchev–Trinajstić information content (AvgIpc) is 3.15. The molecule has 0 radical (unpaired) electrons. The summed E-state index contributed by atoms with van der Waals surface area (Å²) < 4.78 is 67.0. The number of hydrogen-bond acceptors (Lipinski definition) is 7. The van der Waals surface area contributed by atoms with Crippen LogP contribution in [0.5, 0.6) is 0 Å². The zero-order chi connectivity index (χ0) is 25.5. The second kappa shape index (κ2) is 9.27. The van der Waals surface area contributed by atoms with Crippen molar-refractivity contribution in [2.75, 3.05) is 36.0 Å². The van der Waals surface area contributed by atoms with Crippen LogP contribution in [0.25, 0.3) is 0 Å². The first-order valence-electron chi connectivity index (χ1n) is 10.5. The van der Waals surface area contributed by atoms with Crippen molar-refractivity contribution >= 4 is 39.0 Å². The number of anilines is 2. The molecule has 0 aliphatic carbocycles. The summed E-state index contributed by atoms with van der Waals surface area (Å²) in [5, 5.41) is 9.29. The Hall–Kier alpha value is -2.92. The van der Waals surface area contributed by atoms with Gasteiger partial charge in [0, 0.05) is 44.3 Å². The summed E-state index contributed by atoms with van der Waals surface area (Å²) in [6.07, 6.45) is -4.43. The molecule has 3 heterocycles. The van der Waals surface area contributed by atoms with Gasteiger partial charge in [-0.2, -0.15) is 22.7 Å². The van der Waals surface area contributed by atoms with Crippen LogP contribution < -0.4 is 15.5 Å². The Morgan fingerprint density at radius 1 is 1.14 bits per heavy atom. The number of halogens is 4. The van der Waals surface area contributed by atoms with Crippen molar-refractivity contribution in [3.05, 3.63) is 47.1 Å². The molecule has 4 rings (SSSR count). The number of amides is 1. The Morgan fingerprint density at radius 3 is 2.40 bits per heavy atom. The maximum Gasteiger partial charge on any atom is 0.416 e. The van der Waals surface area contributed by atoms with Crippen LogP contribution in [0.4, 0.5) is 24.7 Å². The number of piperazine rings is 1. The summed E-state index contributed by atoms with van der Waals surface area (Å²) in [4.78, 5) is 18.8. The van der Waals surface area contributed by atoms with E-state index in [9.17, 15) is 31.6 Å². The Morgan fingerprint density at radius 2 is 1.83 bits per heavy atom. The molecule has 2 N–H and O–H groups in total. The first-order chi connectivity index (χ1) is 16.4. The van der Waals surface area contributed by atoms with Crippen LogP contribution in [-0.2, 0) is 21.0 Å². The fourth-order valence-electron chi connectivity index (χ4n) is 4.09. The molecule has 2 unspecified atom stereocenters. The zero-order valence-corrected chi connectivity index (χ0v) is 19.7. The number of benzene rings is 1. The number of sulfonamides is 1. The first kappa shape index (κ1) is 25.2. The fraction of sp³-hybridized carbons (Fsp3) is 0.381. The first-order valence-corrected chi connectivity index (χ1v) is 12.3. The third kappa shape index (κ3) is 5.06. The van der Waals surface area contributed by atoms with E-state index in [1.165, 1.54) is 34.1 Å². The number of carbonyl (C=O) groups excluding carboxylic acids is 1. The van der Waals surface area contributed by atoms with Gasteiger partial charge < -0.3 is 15.5 Å². The van der Waals surface area contributed by atoms with Crippen LogP contribution in [0.2, 0.25) is 5.15 Å². The number of alkyl halides is 3. The molecule has 2 saturated heterocycles. The SMILES string of the molecule is N#CC1CN(c2cc(C(F)(F)F)cc(Cl)n2)CCN1S(=O)(=O)c1ccc(N2CC(N)CC2=O)cc1. The third-order valence-electron chi connectivity index (χ3n) is 5.82. The largest absolute Gasteiger partial charge is 0.416 e. The molecule has 2 aliphatic heterocycles. The van der Waals surface area contributed by atoms with Gasteiger partial charge in [-0.1, -0.05) is 11.6 Å². The second-order valence-electron chi connectivity index (χ2n) is 8.20. The minimum absolute atomic E-state index is 0.000299. The number of aromatic nitrogens is 1. The van der Waals surface area contributed by atoms with Crippen molar-refractivity contribution in [2.24, 2.45) is 5.73 Å². The van der Waals surface area contributed by atoms with Crippen LogP contribution >= 0.6 is 11.6 Å². The molecule has 14 heteroatoms. The average molecular weight is 529 g/mol. The van der Waals surface area contributed by atoms with Gasteiger partial charge >= 0.3 is 6.18 Å². The highest BCUT2D eigenvalue weighted by molar-refractivity contribution is 7.89. The molecule has 9 nitrogen and oxygen atoms in total. The second-order valence-corrected chi connectivity index (χ2v) is 10.5. The smallest absolute Gasteiger partial charge is 0.353 e. The molecule has 2 fully saturated rings. The number of pyridine rings is 1. The van der Waals surface area contributed by atoms with E-state index in [4.69, 9.17) is 17.3 Å². The quantitative estimate of drug-likeness (QED) is 0.603. The van der Waals surface area contributed by atoms with E-state index >= 15 is 0 Å². The lowest BCUT2D eigenvalue weighted by Gasteiger charge is -2.38. The minimum Gasteiger partial charge on any atom is -0.353 e. The maximum atomic E-state index is 13.3. The zero-order valence-electron chi connectivity index (χ0n) is 18.1. The predicted molar refractivity (Wildman–Crippen MR) is 121 cm³/mol. The van der Waals surface area contributed by atoms with Gasteiger partial charge in [-0.3, -0.25) is 4.79 Å². The molecule has 2 atom stereocenters. The minimum atomic E-state index is -4.64. The Kier molecular flexibility index (Phi) is 6.67. The lowest BCUT2D eigenvalue weighted by atomic mass is 10.2. The summed E-state index contributed by atoms with van der Waals surface area (Å²) in [5.41, 5.74) is 5.32. The normalized spacial score (nSPS) is 21.9. The Labute approximate surface area is 204 Å². The molecular formula is C21H20ClF3N6O3S. The number of carbonyl (C=O) groups is 1. The molecule has 186 valence electrons. The van der Waals surface area contributed by atoms with Crippen LogP contribution in [0.1, 0.15) is 12.0 Å². The highest BCUT2D eigenvalue weighted by Crippen LogP contribution is 2.34. The lowest BCUT2D eigenvalue weighted by molar-refractivity contribution is -0.137. The van der Waals surface area contributed by atoms with Gasteiger partial charge in [0.05, 0.1) is 16.5 Å². The maximum absolute atomic E-state index is 13.3. The molecule has 2 aromatic rings. The van der Waals surface area contributed by atoms with E-state index in [0.717, 1.165) is 10.4 Å². The molecule has 0 bridgehead atoms. The lowest BCUT2D eigenvalue weighted by Crippen LogP contribution is -2.54. The Balaban J connectivity index is 1.54. The summed E-state index contributed by atoms with van der Waals surface area (Å²) in [6.45, 7) is -0.0206. The number of rotatable bonds is 4. The van der Waals surface area contributed by atoms with Crippen molar-refractivity contribution in [3.63, 3.8) is 0 Å². The van der Waals surface area contributed by atoms with Crippen LogP contribution in [0, 0.1) is 11.3 Å². The summed E-state index contributed by atoms with van der Waals surface area (Å²) in [6, 6.07) is 7.63. The molecule has 0 spiro atoms. The van der Waals surface area contributed by atoms with E-state index in [0.29, 0.717) is 18.3 Å². The molecular weight excluding hydrogens is 509 g/mol. The van der Waals surface area contributed by atoms with Crippen molar-refractivity contribution < 1.29 is 26.4 Å². The standard InChI is InChI=1S/C21H20ClF3N6O3S/c22-18-7-13(21(23,24)25)8-19(28-18)29-5-6-31(16(10-26)12-29)35(33,34)17-3-1-15(2-4-17)30-11-14(27)9-20(30)32/h1-4,7-8,14,16H,5-6,9,11-12,27H2. The van der Waals surface area contributed by atoms with Gasteiger partial charge in [0.25, 0.3) is 0 Å². The van der Waals surface area contributed by atoms with Gasteiger partial charge in [0.15, 0.2) is 0 Å². The van der Waals surface area contributed by atoms with E-state index in [1.807, 2.05) is 6.07 Å². The van der Waals surface area contributed by atoms with Crippen LogP contribution in [0.3, 0.4) is 0 Å². The highest BCUT2D eigenvalue weighted by Gasteiger charge is 2.38. The van der Waals surface area contributed by atoms with Crippen molar-refractivity contribution in [1.29, 1.82) is 5.26 Å². The number of nitriles is 1. The molecule has 1 amide bonds. The topological polar surface area (TPSA) is 124 Å². The fourth-order valence-corrected chi connectivity index (χ4v) is 5.82. The van der Waals surface area contributed by atoms with E-state index in [2.05, 4.69) is 4.98 Å². The van der Waals surface area contributed by atoms with Crippen molar-refractivity contribution in [2.45, 2.75) is 29.6 Å². The van der Waals surface area contributed by atoms with Crippen LogP contribution in [-0.4, -0.2) is 61.9 Å². The van der Waals surface area contributed by atoms with Gasteiger partial charge in [0.2, 0.25) is 15.9 Å².